The first kappa shape index (κ1) is 84.1. The number of carboxylic acid groups (broad SMARTS) is 2. The van der Waals surface area contributed by atoms with E-state index in [2.05, 4.69) is 23.3 Å². The van der Waals surface area contributed by atoms with Gasteiger partial charge in [0, 0.05) is 44.6 Å². The molecule has 1 atom stereocenters. The minimum absolute atomic E-state index is 0.0284. The summed E-state index contributed by atoms with van der Waals surface area (Å²) < 4.78 is 38.3. The van der Waals surface area contributed by atoms with Crippen molar-refractivity contribution in [1.29, 1.82) is 0 Å². The van der Waals surface area contributed by atoms with E-state index in [0.717, 1.165) is 6.42 Å². The summed E-state index contributed by atoms with van der Waals surface area (Å²) in [5.74, 6) is -3.88. The number of carbonyl (C=O) groups is 10. The van der Waals surface area contributed by atoms with E-state index in [9.17, 15) is 47.9 Å². The lowest BCUT2D eigenvalue weighted by Crippen LogP contribution is -2.15. The highest BCUT2D eigenvalue weighted by molar-refractivity contribution is 5.98. The summed E-state index contributed by atoms with van der Waals surface area (Å²) in [5.41, 5.74) is 3.75. The summed E-state index contributed by atoms with van der Waals surface area (Å²) in [6.07, 6.45) is 1.18. The molecule has 0 aliphatic rings. The van der Waals surface area contributed by atoms with Gasteiger partial charge in [-0.3, -0.25) is 14.4 Å². The van der Waals surface area contributed by atoms with E-state index in [4.69, 9.17) is 69.3 Å². The Morgan fingerprint density at radius 2 is 0.549 bits per heavy atom. The normalized spacial score (nSPS) is 10.1. The predicted octanol–water partition coefficient (Wildman–Crippen LogP) is 5.89. The summed E-state index contributed by atoms with van der Waals surface area (Å²) in [6, 6.07) is 29.8. The van der Waals surface area contributed by atoms with Crippen LogP contribution in [0.4, 0.5) is 0 Å². The smallest absolute Gasteiger partial charge is 0.338 e. The third-order valence-electron chi connectivity index (χ3n) is 11.3. The molecule has 0 aliphatic heterocycles. The molecule has 0 aromatic heterocycles. The molecule has 0 saturated carbocycles. The number of rotatable bonds is 28. The molecule has 5 aromatic carbocycles. The van der Waals surface area contributed by atoms with Gasteiger partial charge in [0.05, 0.1) is 85.2 Å². The summed E-state index contributed by atoms with van der Waals surface area (Å²) in [5, 5.41) is 66.4. The predicted molar refractivity (Wildman–Crippen MR) is 329 cm³/mol. The molecular weight excluding hydrogens is 1200 g/mol. The lowest BCUT2D eigenvalue weighted by Gasteiger charge is -2.04. The number of ketones is 3. The Labute approximate surface area is 527 Å². The summed E-state index contributed by atoms with van der Waals surface area (Å²) >= 11 is 0. The molecule has 1 unspecified atom stereocenters. The number of benzene rings is 5. The van der Waals surface area contributed by atoms with Crippen LogP contribution in [0.1, 0.15) is 151 Å². The molecule has 8 N–H and O–H groups in total. The van der Waals surface area contributed by atoms with E-state index < -0.39 is 47.9 Å². The van der Waals surface area contributed by atoms with Crippen molar-refractivity contribution in [2.45, 2.75) is 53.6 Å². The maximum absolute atomic E-state index is 11.4. The van der Waals surface area contributed by atoms with Gasteiger partial charge in [0.2, 0.25) is 0 Å². The number of hydrogen-bond acceptors (Lipinski definition) is 24. The fourth-order valence-electron chi connectivity index (χ4n) is 5.85. The average Bonchev–Trinajstić information content (AvgIpc) is 2.59. The van der Waals surface area contributed by atoms with Crippen molar-refractivity contribution in [3.63, 3.8) is 0 Å². The number of esters is 5. The Kier molecular flexibility index (Phi) is 47.9. The summed E-state index contributed by atoms with van der Waals surface area (Å²) in [6.45, 7) is 9.52. The van der Waals surface area contributed by atoms with Gasteiger partial charge in [-0.1, -0.05) is 56.7 Å². The van der Waals surface area contributed by atoms with Crippen LogP contribution in [0.15, 0.2) is 121 Å². The number of Topliss-reactive ketones (excluding diaryl/α,β-unsaturated/α-hetero) is 3. The molecule has 500 valence electrons. The zero-order valence-corrected chi connectivity index (χ0v) is 52.2. The number of hydrogen-bond donors (Lipinski definition) is 8. The molecule has 5 aromatic rings. The maximum atomic E-state index is 11.4. The second-order valence-electron chi connectivity index (χ2n) is 18.3. The zero-order valence-electron chi connectivity index (χ0n) is 52.2. The molecule has 0 radical (unpaired) electrons. The van der Waals surface area contributed by atoms with Crippen molar-refractivity contribution < 1.29 is 127 Å². The summed E-state index contributed by atoms with van der Waals surface area (Å²) in [4.78, 5) is 111. The van der Waals surface area contributed by atoms with Crippen LogP contribution >= 0.6 is 0 Å². The molecule has 26 heteroatoms. The van der Waals surface area contributed by atoms with Crippen LogP contribution < -0.4 is 0 Å². The van der Waals surface area contributed by atoms with Crippen LogP contribution in [0.5, 0.6) is 0 Å². The number of carbonyl (C=O) groups excluding carboxylic acids is 8. The largest absolute Gasteiger partial charge is 0.478 e. The standard InChI is InChI=1S/3C12H14O4.2C10H10O5.C6H14O.C3H8O3/c3*1-9(13)10-3-5-11(6-4-10)12(14)16-8-7-15-2;2*11-5-6-15-10(14)8-3-1-7(2-4-8)9(12)13;1-3-6(2)4-5-7;4-1-3(6)2-5/h3*3-6H,7-8H2,1-2H3;2*1-4,11H,5-6H2,(H,12,13);6-7H,3-5H2,1-2H3;3-6H,1-2H2. The highest BCUT2D eigenvalue weighted by Gasteiger charge is 2.13. The Balaban J connectivity index is 0. The van der Waals surface area contributed by atoms with Crippen LogP contribution in [0, 0.1) is 5.92 Å². The van der Waals surface area contributed by atoms with Gasteiger partial charge in [0.25, 0.3) is 0 Å². The molecule has 5 rings (SSSR count). The first-order valence-electron chi connectivity index (χ1n) is 27.9. The highest BCUT2D eigenvalue weighted by atomic mass is 16.6. The van der Waals surface area contributed by atoms with E-state index in [1.54, 1.807) is 72.8 Å². The quantitative estimate of drug-likeness (QED) is 0.0125. The molecule has 0 aliphatic carbocycles. The molecule has 0 spiro atoms. The molecule has 26 nitrogen and oxygen atoms in total. The number of aliphatic hydroxyl groups is 6. The number of carboxylic acids is 2. The van der Waals surface area contributed by atoms with Gasteiger partial charge in [0.1, 0.15) is 39.1 Å². The van der Waals surface area contributed by atoms with Crippen molar-refractivity contribution in [2.24, 2.45) is 5.92 Å². The van der Waals surface area contributed by atoms with Crippen LogP contribution in [0.2, 0.25) is 0 Å². The fourth-order valence-corrected chi connectivity index (χ4v) is 5.85. The Morgan fingerprint density at radius 1 is 0.341 bits per heavy atom. The first-order valence-corrected chi connectivity index (χ1v) is 27.9. The van der Waals surface area contributed by atoms with E-state index >= 15 is 0 Å². The third-order valence-corrected chi connectivity index (χ3v) is 11.3. The van der Waals surface area contributed by atoms with Crippen LogP contribution in [0.3, 0.4) is 0 Å². The minimum Gasteiger partial charge on any atom is -0.478 e. The van der Waals surface area contributed by atoms with E-state index in [1.165, 1.54) is 97.1 Å². The minimum atomic E-state index is -1.05. The lowest BCUT2D eigenvalue weighted by atomic mass is 10.1. The number of methoxy groups -OCH3 is 3. The fraction of sp³-hybridized carbons (Fsp3) is 0.385. The highest BCUT2D eigenvalue weighted by Crippen LogP contribution is 2.11. The van der Waals surface area contributed by atoms with Gasteiger partial charge in [0.15, 0.2) is 17.3 Å². The van der Waals surface area contributed by atoms with E-state index in [-0.39, 0.29) is 99.1 Å². The van der Waals surface area contributed by atoms with Crippen molar-refractivity contribution >= 4 is 59.1 Å². The zero-order chi connectivity index (χ0) is 69.1. The van der Waals surface area contributed by atoms with Crippen LogP contribution in [-0.4, -0.2) is 213 Å². The van der Waals surface area contributed by atoms with Crippen molar-refractivity contribution in [2.75, 3.05) is 107 Å². The topological polar surface area (TPSA) is 406 Å². The monoisotopic (exact) mass is 1280 g/mol. The van der Waals surface area contributed by atoms with Gasteiger partial charge in [-0.15, -0.1) is 0 Å². The lowest BCUT2D eigenvalue weighted by molar-refractivity contribution is 0.0381. The SMILES string of the molecule is CCC(C)CCO.COCCOC(=O)c1ccc(C(C)=O)cc1.COCCOC(=O)c1ccc(C(C)=O)cc1.COCCOC(=O)c1ccc(C(C)=O)cc1.O=C(O)c1ccc(C(=O)OCCO)cc1.O=C(O)c1ccc(C(=O)OCCO)cc1.OCC(O)CO. The number of aliphatic hydroxyl groups excluding tert-OH is 6. The first-order chi connectivity index (χ1) is 43.4. The van der Waals surface area contributed by atoms with Crippen LogP contribution in [0.25, 0.3) is 0 Å². The van der Waals surface area contributed by atoms with Gasteiger partial charge in [-0.05, 0) is 118 Å². The molecule has 0 heterocycles. The van der Waals surface area contributed by atoms with Crippen LogP contribution in [-0.2, 0) is 37.9 Å². The van der Waals surface area contributed by atoms with E-state index in [0.29, 0.717) is 65.7 Å². The number of ether oxygens (including phenoxy) is 8. The Bertz CT molecular complexity index is 2630. The molecule has 0 saturated heterocycles. The van der Waals surface area contributed by atoms with E-state index in [1.807, 2.05) is 0 Å². The number of aromatic carboxylic acids is 2. The molecule has 91 heavy (non-hydrogen) atoms. The molecular formula is C65H84O26. The van der Waals surface area contributed by atoms with Crippen molar-refractivity contribution in [3.05, 3.63) is 177 Å². The Hall–Kier alpha value is -8.96. The van der Waals surface area contributed by atoms with Gasteiger partial charge in [-0.25, -0.2) is 33.6 Å². The third kappa shape index (κ3) is 39.6. The average molecular weight is 1280 g/mol. The van der Waals surface area contributed by atoms with Crippen molar-refractivity contribution in [3.8, 4) is 0 Å². The molecule has 0 amide bonds. The van der Waals surface area contributed by atoms with Gasteiger partial charge in [-0.2, -0.15) is 0 Å². The second-order valence-corrected chi connectivity index (χ2v) is 18.3. The summed E-state index contributed by atoms with van der Waals surface area (Å²) in [7, 11) is 4.61. The van der Waals surface area contributed by atoms with Gasteiger partial charge >= 0.3 is 41.8 Å². The van der Waals surface area contributed by atoms with Gasteiger partial charge < -0.3 is 78.7 Å². The second kappa shape index (κ2) is 51.9. The maximum Gasteiger partial charge on any atom is 0.338 e. The van der Waals surface area contributed by atoms with Crippen molar-refractivity contribution in [1.82, 2.24) is 0 Å². The molecule has 0 bridgehead atoms. The molecule has 0 fully saturated rings. The Morgan fingerprint density at radius 3 is 0.692 bits per heavy atom.